The zero-order chi connectivity index (χ0) is 15.9. The second kappa shape index (κ2) is 7.58. The summed E-state index contributed by atoms with van der Waals surface area (Å²) < 4.78 is 7.39. The van der Waals surface area contributed by atoms with Crippen molar-refractivity contribution in [3.8, 4) is 5.75 Å². The highest BCUT2D eigenvalue weighted by Crippen LogP contribution is 2.22. The number of amides is 1. The number of nitrogens with one attached hydrogen (secondary N) is 1. The van der Waals surface area contributed by atoms with Gasteiger partial charge < -0.3 is 10.1 Å². The molecular formula is C17H20N4O2. The predicted octanol–water partition coefficient (Wildman–Crippen LogP) is 2.65. The fraction of sp³-hybridized carbons (Fsp3) is 0.353. The molecule has 0 saturated carbocycles. The summed E-state index contributed by atoms with van der Waals surface area (Å²) in [6, 6.07) is 7.45. The molecule has 0 bridgehead atoms. The molecule has 1 atom stereocenters. The van der Waals surface area contributed by atoms with E-state index in [1.807, 2.05) is 24.3 Å². The van der Waals surface area contributed by atoms with E-state index in [1.165, 1.54) is 6.33 Å². The first-order valence-electron chi connectivity index (χ1n) is 7.81. The number of anilines is 1. The van der Waals surface area contributed by atoms with Crippen LogP contribution >= 0.6 is 0 Å². The van der Waals surface area contributed by atoms with E-state index < -0.39 is 0 Å². The Morgan fingerprint density at radius 1 is 1.43 bits per heavy atom. The lowest BCUT2D eigenvalue weighted by atomic mass is 10.1. The molecule has 6 nitrogen and oxygen atoms in total. The number of allylic oxidation sites excluding steroid dienone is 2. The minimum absolute atomic E-state index is 0.0429. The fourth-order valence-corrected chi connectivity index (χ4v) is 2.58. The van der Waals surface area contributed by atoms with E-state index >= 15 is 0 Å². The Kier molecular flexibility index (Phi) is 5.03. The first-order chi connectivity index (χ1) is 11.3. The van der Waals surface area contributed by atoms with Crippen LogP contribution in [0.15, 0.2) is 49.1 Å². The molecule has 2 aromatic rings. The van der Waals surface area contributed by atoms with E-state index in [0.29, 0.717) is 25.5 Å². The van der Waals surface area contributed by atoms with Gasteiger partial charge in [0.1, 0.15) is 25.0 Å². The second-order valence-electron chi connectivity index (χ2n) is 5.55. The molecule has 1 aliphatic rings. The molecule has 0 saturated heterocycles. The quantitative estimate of drug-likeness (QED) is 0.798. The Bertz CT molecular complexity index is 667. The molecule has 6 heteroatoms. The van der Waals surface area contributed by atoms with Crippen molar-refractivity contribution in [3.05, 3.63) is 49.1 Å². The number of rotatable bonds is 7. The summed E-state index contributed by atoms with van der Waals surface area (Å²) >= 11 is 0. The highest BCUT2D eigenvalue weighted by molar-refractivity contribution is 5.91. The van der Waals surface area contributed by atoms with Crippen LogP contribution in [0.1, 0.15) is 19.3 Å². The van der Waals surface area contributed by atoms with E-state index in [1.54, 1.807) is 11.0 Å². The molecule has 0 spiro atoms. The molecule has 1 heterocycles. The first kappa shape index (κ1) is 15.3. The van der Waals surface area contributed by atoms with Crippen molar-refractivity contribution in [2.24, 2.45) is 5.92 Å². The predicted molar refractivity (Wildman–Crippen MR) is 87.1 cm³/mol. The number of ether oxygens (including phenoxy) is 1. The van der Waals surface area contributed by atoms with Crippen molar-refractivity contribution in [3.63, 3.8) is 0 Å². The SMILES string of the molecule is O=C(CC1C=CCC1)Nc1cccc(OCCn2cncn2)c1. The average molecular weight is 312 g/mol. The maximum absolute atomic E-state index is 12.0. The molecule has 3 rings (SSSR count). The first-order valence-corrected chi connectivity index (χ1v) is 7.81. The molecule has 0 fully saturated rings. The molecule has 1 aliphatic carbocycles. The zero-order valence-electron chi connectivity index (χ0n) is 12.9. The van der Waals surface area contributed by atoms with Crippen LogP contribution in [-0.2, 0) is 11.3 Å². The van der Waals surface area contributed by atoms with Crippen LogP contribution < -0.4 is 10.1 Å². The molecule has 120 valence electrons. The van der Waals surface area contributed by atoms with Crippen molar-refractivity contribution in [1.82, 2.24) is 14.8 Å². The lowest BCUT2D eigenvalue weighted by Crippen LogP contribution is -2.15. The van der Waals surface area contributed by atoms with Crippen LogP contribution in [0.4, 0.5) is 5.69 Å². The Morgan fingerprint density at radius 2 is 2.39 bits per heavy atom. The summed E-state index contributed by atoms with van der Waals surface area (Å²) in [5.41, 5.74) is 0.759. The normalized spacial score (nSPS) is 16.4. The maximum Gasteiger partial charge on any atom is 0.224 e. The van der Waals surface area contributed by atoms with Gasteiger partial charge in [-0.25, -0.2) is 9.67 Å². The van der Waals surface area contributed by atoms with Gasteiger partial charge in [-0.3, -0.25) is 4.79 Å². The molecular weight excluding hydrogens is 292 g/mol. The van der Waals surface area contributed by atoms with Gasteiger partial charge in [-0.05, 0) is 30.9 Å². The van der Waals surface area contributed by atoms with Crippen LogP contribution in [0.25, 0.3) is 0 Å². The van der Waals surface area contributed by atoms with Gasteiger partial charge in [0.05, 0.1) is 6.54 Å². The molecule has 1 aromatic carbocycles. The lowest BCUT2D eigenvalue weighted by Gasteiger charge is -2.11. The molecule has 1 N–H and O–H groups in total. The number of hydrogen-bond donors (Lipinski definition) is 1. The molecule has 1 aromatic heterocycles. The molecule has 0 aliphatic heterocycles. The van der Waals surface area contributed by atoms with Crippen molar-refractivity contribution in [2.75, 3.05) is 11.9 Å². The van der Waals surface area contributed by atoms with E-state index in [2.05, 4.69) is 27.6 Å². The van der Waals surface area contributed by atoms with Gasteiger partial charge in [-0.2, -0.15) is 5.10 Å². The van der Waals surface area contributed by atoms with Gasteiger partial charge in [0.25, 0.3) is 0 Å². The van der Waals surface area contributed by atoms with Gasteiger partial charge in [-0.15, -0.1) is 0 Å². The van der Waals surface area contributed by atoms with E-state index in [9.17, 15) is 4.79 Å². The minimum Gasteiger partial charge on any atom is -0.492 e. The van der Waals surface area contributed by atoms with Gasteiger partial charge in [-0.1, -0.05) is 18.2 Å². The second-order valence-corrected chi connectivity index (χ2v) is 5.55. The van der Waals surface area contributed by atoms with Crippen LogP contribution in [0.3, 0.4) is 0 Å². The van der Waals surface area contributed by atoms with Crippen molar-refractivity contribution < 1.29 is 9.53 Å². The highest BCUT2D eigenvalue weighted by Gasteiger charge is 2.14. The molecule has 0 radical (unpaired) electrons. The van der Waals surface area contributed by atoms with Gasteiger partial charge in [0, 0.05) is 18.2 Å². The van der Waals surface area contributed by atoms with E-state index in [-0.39, 0.29) is 5.91 Å². The average Bonchev–Trinajstić information content (AvgIpc) is 3.21. The number of carbonyl (C=O) groups excluding carboxylic acids is 1. The van der Waals surface area contributed by atoms with Gasteiger partial charge in [0.2, 0.25) is 5.91 Å². The van der Waals surface area contributed by atoms with Crippen molar-refractivity contribution in [2.45, 2.75) is 25.8 Å². The third-order valence-corrected chi connectivity index (χ3v) is 3.73. The van der Waals surface area contributed by atoms with Crippen molar-refractivity contribution in [1.29, 1.82) is 0 Å². The Hall–Kier alpha value is -2.63. The summed E-state index contributed by atoms with van der Waals surface area (Å²) in [7, 11) is 0. The largest absolute Gasteiger partial charge is 0.492 e. The van der Waals surface area contributed by atoms with Crippen LogP contribution in [0.2, 0.25) is 0 Å². The molecule has 1 amide bonds. The smallest absolute Gasteiger partial charge is 0.224 e. The summed E-state index contributed by atoms with van der Waals surface area (Å²) in [4.78, 5) is 15.9. The maximum atomic E-state index is 12.0. The summed E-state index contributed by atoms with van der Waals surface area (Å²) in [5, 5.41) is 6.95. The molecule has 23 heavy (non-hydrogen) atoms. The van der Waals surface area contributed by atoms with Crippen molar-refractivity contribution >= 4 is 11.6 Å². The van der Waals surface area contributed by atoms with Crippen LogP contribution in [-0.4, -0.2) is 27.3 Å². The monoisotopic (exact) mass is 312 g/mol. The highest BCUT2D eigenvalue weighted by atomic mass is 16.5. The van der Waals surface area contributed by atoms with Gasteiger partial charge in [0.15, 0.2) is 0 Å². The Morgan fingerprint density at radius 3 is 3.17 bits per heavy atom. The van der Waals surface area contributed by atoms with E-state index in [0.717, 1.165) is 24.3 Å². The van der Waals surface area contributed by atoms with Crippen LogP contribution in [0.5, 0.6) is 5.75 Å². The van der Waals surface area contributed by atoms with E-state index in [4.69, 9.17) is 4.74 Å². The topological polar surface area (TPSA) is 69.0 Å². The standard InChI is InChI=1S/C17H20N4O2/c22-17(10-14-4-1-2-5-14)20-15-6-3-7-16(11-15)23-9-8-21-13-18-12-19-21/h1,3-4,6-7,11-14H,2,5,8-10H2,(H,20,22). The van der Waals surface area contributed by atoms with Gasteiger partial charge >= 0.3 is 0 Å². The Labute approximate surface area is 135 Å². The number of hydrogen-bond acceptors (Lipinski definition) is 4. The summed E-state index contributed by atoms with van der Waals surface area (Å²) in [5.74, 6) is 1.14. The summed E-state index contributed by atoms with van der Waals surface area (Å²) in [6.07, 6.45) is 10.1. The third kappa shape index (κ3) is 4.67. The summed E-state index contributed by atoms with van der Waals surface area (Å²) in [6.45, 7) is 1.12. The number of aromatic nitrogens is 3. The number of benzene rings is 1. The molecule has 1 unspecified atom stereocenters. The minimum atomic E-state index is 0.0429. The number of nitrogens with zero attached hydrogens (tertiary/aromatic N) is 3. The Balaban J connectivity index is 1.48. The number of carbonyl (C=O) groups is 1. The third-order valence-electron chi connectivity index (χ3n) is 3.73. The zero-order valence-corrected chi connectivity index (χ0v) is 12.9. The lowest BCUT2D eigenvalue weighted by molar-refractivity contribution is -0.116. The fourth-order valence-electron chi connectivity index (χ4n) is 2.58. The van der Waals surface area contributed by atoms with Crippen LogP contribution in [0, 0.1) is 5.92 Å².